The standard InChI is InChI=1S/C11H8Cl2FN3O/c1-18-11-15-5-8(13)10(17-11)16-6-2-3-9(14)7(12)4-6/h2-5H,1H3,(H,15,16,17). The SMILES string of the molecule is COc1ncc(Cl)c(Nc2ccc(F)c(Cl)c2)n1. The third-order valence-electron chi connectivity index (χ3n) is 2.09. The van der Waals surface area contributed by atoms with E-state index in [4.69, 9.17) is 27.9 Å². The predicted octanol–water partition coefficient (Wildman–Crippen LogP) is 3.67. The Labute approximate surface area is 113 Å². The fourth-order valence-corrected chi connectivity index (χ4v) is 1.57. The topological polar surface area (TPSA) is 47.0 Å². The fraction of sp³-hybridized carbons (Fsp3) is 0.0909. The van der Waals surface area contributed by atoms with E-state index in [9.17, 15) is 4.39 Å². The fourth-order valence-electron chi connectivity index (χ4n) is 1.25. The Hall–Kier alpha value is -1.59. The van der Waals surface area contributed by atoms with Gasteiger partial charge in [0, 0.05) is 5.69 Å². The predicted molar refractivity (Wildman–Crippen MR) is 68.3 cm³/mol. The molecule has 0 amide bonds. The first-order valence-corrected chi connectivity index (χ1v) is 5.64. The van der Waals surface area contributed by atoms with Crippen LogP contribution < -0.4 is 10.1 Å². The number of aromatic nitrogens is 2. The first kappa shape index (κ1) is 12.9. The number of anilines is 2. The lowest BCUT2D eigenvalue weighted by molar-refractivity contribution is 0.380. The molecule has 0 saturated carbocycles. The molecule has 0 aliphatic rings. The zero-order valence-electron chi connectivity index (χ0n) is 9.25. The van der Waals surface area contributed by atoms with Crippen LogP contribution in [-0.2, 0) is 0 Å². The molecule has 94 valence electrons. The van der Waals surface area contributed by atoms with Crippen molar-refractivity contribution in [2.75, 3.05) is 12.4 Å². The van der Waals surface area contributed by atoms with Gasteiger partial charge < -0.3 is 10.1 Å². The van der Waals surface area contributed by atoms with Crippen molar-refractivity contribution in [2.24, 2.45) is 0 Å². The summed E-state index contributed by atoms with van der Waals surface area (Å²) < 4.78 is 17.9. The zero-order valence-corrected chi connectivity index (χ0v) is 10.8. The molecule has 2 aromatic rings. The minimum atomic E-state index is -0.492. The highest BCUT2D eigenvalue weighted by Crippen LogP contribution is 2.26. The van der Waals surface area contributed by atoms with Crippen molar-refractivity contribution in [3.63, 3.8) is 0 Å². The van der Waals surface area contributed by atoms with E-state index in [-0.39, 0.29) is 11.0 Å². The van der Waals surface area contributed by atoms with E-state index in [0.717, 1.165) is 0 Å². The van der Waals surface area contributed by atoms with Gasteiger partial charge in [0.25, 0.3) is 0 Å². The van der Waals surface area contributed by atoms with Crippen molar-refractivity contribution in [1.29, 1.82) is 0 Å². The second-order valence-corrected chi connectivity index (χ2v) is 4.12. The molecule has 1 aromatic carbocycles. The van der Waals surface area contributed by atoms with Crippen molar-refractivity contribution < 1.29 is 9.13 Å². The van der Waals surface area contributed by atoms with E-state index in [1.807, 2.05) is 0 Å². The Morgan fingerprint density at radius 2 is 2.06 bits per heavy atom. The average molecular weight is 288 g/mol. The molecule has 1 N–H and O–H groups in total. The van der Waals surface area contributed by atoms with Gasteiger partial charge in [-0.2, -0.15) is 4.98 Å². The molecule has 0 unspecified atom stereocenters. The van der Waals surface area contributed by atoms with Gasteiger partial charge >= 0.3 is 6.01 Å². The van der Waals surface area contributed by atoms with Crippen LogP contribution in [0.3, 0.4) is 0 Å². The smallest absolute Gasteiger partial charge is 0.318 e. The molecule has 0 radical (unpaired) electrons. The minimum absolute atomic E-state index is 0.0112. The summed E-state index contributed by atoms with van der Waals surface area (Å²) in [5.74, 6) is -0.139. The Morgan fingerprint density at radius 1 is 1.28 bits per heavy atom. The Morgan fingerprint density at radius 3 is 2.72 bits per heavy atom. The monoisotopic (exact) mass is 287 g/mol. The molecule has 0 saturated heterocycles. The second kappa shape index (κ2) is 5.37. The quantitative estimate of drug-likeness (QED) is 0.936. The molecule has 2 rings (SSSR count). The van der Waals surface area contributed by atoms with Gasteiger partial charge in [-0.3, -0.25) is 0 Å². The highest BCUT2D eigenvalue weighted by Gasteiger charge is 2.07. The van der Waals surface area contributed by atoms with Gasteiger partial charge in [-0.15, -0.1) is 0 Å². The highest BCUT2D eigenvalue weighted by molar-refractivity contribution is 6.33. The number of methoxy groups -OCH3 is 1. The maximum absolute atomic E-state index is 13.0. The molecule has 0 spiro atoms. The number of rotatable bonds is 3. The molecule has 18 heavy (non-hydrogen) atoms. The summed E-state index contributed by atoms with van der Waals surface area (Å²) in [7, 11) is 1.45. The number of halogens is 3. The van der Waals surface area contributed by atoms with E-state index in [2.05, 4.69) is 15.3 Å². The molecule has 0 atom stereocenters. The van der Waals surface area contributed by atoms with Crippen molar-refractivity contribution >= 4 is 34.7 Å². The maximum Gasteiger partial charge on any atom is 0.318 e. The molecule has 7 heteroatoms. The summed E-state index contributed by atoms with van der Waals surface area (Å²) in [6.45, 7) is 0. The van der Waals surface area contributed by atoms with E-state index >= 15 is 0 Å². The Balaban J connectivity index is 2.30. The number of hydrogen-bond donors (Lipinski definition) is 1. The van der Waals surface area contributed by atoms with Crippen molar-refractivity contribution in [3.05, 3.63) is 40.3 Å². The first-order valence-electron chi connectivity index (χ1n) is 4.89. The van der Waals surface area contributed by atoms with Gasteiger partial charge in [0.1, 0.15) is 10.8 Å². The summed E-state index contributed by atoms with van der Waals surface area (Å²) in [4.78, 5) is 7.86. The number of nitrogens with zero attached hydrogens (tertiary/aromatic N) is 2. The Bertz CT molecular complexity index is 580. The summed E-state index contributed by atoms with van der Waals surface area (Å²) >= 11 is 11.6. The maximum atomic E-state index is 13.0. The van der Waals surface area contributed by atoms with Crippen LogP contribution in [0.2, 0.25) is 10.0 Å². The van der Waals surface area contributed by atoms with Crippen LogP contribution in [0.15, 0.2) is 24.4 Å². The largest absolute Gasteiger partial charge is 0.467 e. The number of hydrogen-bond acceptors (Lipinski definition) is 4. The third kappa shape index (κ3) is 2.80. The van der Waals surface area contributed by atoms with Crippen LogP contribution in [0.25, 0.3) is 0 Å². The van der Waals surface area contributed by atoms with Gasteiger partial charge in [-0.05, 0) is 18.2 Å². The molecular formula is C11H8Cl2FN3O. The average Bonchev–Trinajstić information content (AvgIpc) is 2.36. The Kier molecular flexibility index (Phi) is 3.84. The third-order valence-corrected chi connectivity index (χ3v) is 2.65. The van der Waals surface area contributed by atoms with Gasteiger partial charge in [-0.25, -0.2) is 9.37 Å². The van der Waals surface area contributed by atoms with E-state index in [1.165, 1.54) is 31.5 Å². The summed E-state index contributed by atoms with van der Waals surface area (Å²) in [5, 5.41) is 3.23. The number of nitrogens with one attached hydrogen (secondary N) is 1. The molecule has 4 nitrogen and oxygen atoms in total. The molecule has 0 aliphatic heterocycles. The number of benzene rings is 1. The van der Waals surface area contributed by atoms with Crippen LogP contribution in [-0.4, -0.2) is 17.1 Å². The van der Waals surface area contributed by atoms with Crippen molar-refractivity contribution in [1.82, 2.24) is 9.97 Å². The molecule has 1 heterocycles. The summed E-state index contributed by atoms with van der Waals surface area (Å²) in [5.41, 5.74) is 0.559. The lowest BCUT2D eigenvalue weighted by Gasteiger charge is -2.08. The van der Waals surface area contributed by atoms with Crippen molar-refractivity contribution in [3.8, 4) is 6.01 Å². The lowest BCUT2D eigenvalue weighted by Crippen LogP contribution is -1.99. The summed E-state index contributed by atoms with van der Waals surface area (Å²) in [6.07, 6.45) is 1.40. The molecule has 0 bridgehead atoms. The second-order valence-electron chi connectivity index (χ2n) is 3.31. The van der Waals surface area contributed by atoms with Gasteiger partial charge in [0.15, 0.2) is 5.82 Å². The molecule has 0 aliphatic carbocycles. The van der Waals surface area contributed by atoms with Gasteiger partial charge in [0.2, 0.25) is 0 Å². The normalized spacial score (nSPS) is 10.2. The number of ether oxygens (including phenoxy) is 1. The van der Waals surface area contributed by atoms with Crippen molar-refractivity contribution in [2.45, 2.75) is 0 Å². The van der Waals surface area contributed by atoms with Gasteiger partial charge in [0.05, 0.1) is 18.3 Å². The molecule has 0 fully saturated rings. The zero-order chi connectivity index (χ0) is 13.1. The van der Waals surface area contributed by atoms with Crippen LogP contribution in [0, 0.1) is 5.82 Å². The first-order chi connectivity index (χ1) is 8.60. The van der Waals surface area contributed by atoms with Crippen LogP contribution >= 0.6 is 23.2 Å². The lowest BCUT2D eigenvalue weighted by atomic mass is 10.3. The van der Waals surface area contributed by atoms with Gasteiger partial charge in [-0.1, -0.05) is 23.2 Å². The van der Waals surface area contributed by atoms with E-state index < -0.39 is 5.82 Å². The molecule has 1 aromatic heterocycles. The van der Waals surface area contributed by atoms with E-state index in [0.29, 0.717) is 16.5 Å². The van der Waals surface area contributed by atoms with Crippen LogP contribution in [0.4, 0.5) is 15.9 Å². The summed E-state index contributed by atoms with van der Waals surface area (Å²) in [6, 6.07) is 4.38. The van der Waals surface area contributed by atoms with Crippen LogP contribution in [0.1, 0.15) is 0 Å². The van der Waals surface area contributed by atoms with Crippen LogP contribution in [0.5, 0.6) is 6.01 Å². The van der Waals surface area contributed by atoms with E-state index in [1.54, 1.807) is 0 Å². The highest BCUT2D eigenvalue weighted by atomic mass is 35.5. The molecular weight excluding hydrogens is 280 g/mol. The minimum Gasteiger partial charge on any atom is -0.467 e.